The van der Waals surface area contributed by atoms with Gasteiger partial charge >= 0.3 is 48.1 Å². The van der Waals surface area contributed by atoms with Gasteiger partial charge in [-0.1, -0.05) is 0 Å². The van der Waals surface area contributed by atoms with E-state index >= 15 is 0 Å². The van der Waals surface area contributed by atoms with Gasteiger partial charge in [0.05, 0.1) is 0 Å². The van der Waals surface area contributed by atoms with Crippen LogP contribution in [-0.2, 0) is 18.6 Å². The van der Waals surface area contributed by atoms with Crippen molar-refractivity contribution in [3.8, 4) is 0 Å². The number of carbonyl (C=O) groups excluding carboxylic acids is 3. The van der Waals surface area contributed by atoms with Crippen LogP contribution in [0.2, 0.25) is 0 Å². The summed E-state index contributed by atoms with van der Waals surface area (Å²) in [6.45, 7) is 0. The molecule has 0 bridgehead atoms. The zero-order valence-corrected chi connectivity index (χ0v) is 10.0. The molecule has 9 nitrogen and oxygen atoms in total. The van der Waals surface area contributed by atoms with Gasteiger partial charge in [0, 0.05) is 0 Å². The summed E-state index contributed by atoms with van der Waals surface area (Å²) in [4.78, 5) is 25.0. The van der Waals surface area contributed by atoms with Gasteiger partial charge in [0.2, 0.25) is 0 Å². The largest absolute Gasteiger partial charge is 5.00 e. The first-order valence-corrected chi connectivity index (χ1v) is 1.84. The van der Waals surface area contributed by atoms with Crippen molar-refractivity contribution in [2.45, 2.75) is 0 Å². The molecule has 0 saturated heterocycles. The van der Waals surface area contributed by atoms with Crippen LogP contribution in [0, 0.1) is 0 Å². The second-order valence-corrected chi connectivity index (χ2v) is 0.750. The Hall–Kier alpha value is -0.606. The van der Waals surface area contributed by atoms with E-state index in [0.717, 1.165) is 0 Å². The molecule has 0 N–H and O–H groups in total. The number of carboxylic acid groups (broad SMARTS) is 6. The molecule has 0 saturated carbocycles. The smallest absolute Gasteiger partial charge is 0.652 e. The average molecular weight is 254 g/mol. The van der Waals surface area contributed by atoms with E-state index in [1.54, 1.807) is 0 Å². The molecule has 0 aliphatic carbocycles. The Labute approximate surface area is 111 Å². The molecule has 0 unspecified atom stereocenters. The summed E-state index contributed by atoms with van der Waals surface area (Å²) in [6, 6.07) is 0. The molecule has 0 aromatic rings. The summed E-state index contributed by atoms with van der Waals surface area (Å²) >= 11 is 0. The number of hydrogen-bond donors (Lipinski definition) is 0. The molecule has 72 valence electrons. The van der Waals surface area contributed by atoms with E-state index in [9.17, 15) is 0 Å². The first-order chi connectivity index (χ1) is 5.20. The fourth-order valence-corrected chi connectivity index (χ4v) is 0. The van der Waals surface area contributed by atoms with Crippen molar-refractivity contribution in [3.05, 3.63) is 0 Å². The maximum Gasteiger partial charge on any atom is 5.00 e. The third-order valence-electron chi connectivity index (χ3n) is 0. The summed E-state index contributed by atoms with van der Waals surface area (Å²) < 4.78 is 0. The van der Waals surface area contributed by atoms with E-state index in [0.29, 0.717) is 0 Å². The molecule has 0 aromatic carbocycles. The van der Waals surface area contributed by atoms with Crippen molar-refractivity contribution in [2.24, 2.45) is 0 Å². The zero-order chi connectivity index (χ0) is 10.7. The predicted molar refractivity (Wildman–Crippen MR) is 16.2 cm³/mol. The van der Waals surface area contributed by atoms with Crippen molar-refractivity contribution in [2.75, 3.05) is 0 Å². The van der Waals surface area contributed by atoms with E-state index in [-0.39, 0.29) is 48.1 Å². The van der Waals surface area contributed by atoms with Crippen molar-refractivity contribution in [1.29, 1.82) is 0 Å². The van der Waals surface area contributed by atoms with Gasteiger partial charge in [-0.3, -0.25) is 0 Å². The van der Waals surface area contributed by atoms with E-state index in [2.05, 4.69) is 0 Å². The maximum atomic E-state index is 8.33. The van der Waals surface area contributed by atoms with Gasteiger partial charge < -0.3 is 45.0 Å². The Bertz CT molecular complexity index is 118. The topological polar surface area (TPSA) is 190 Å². The summed E-state index contributed by atoms with van der Waals surface area (Å²) in [7, 11) is 0. The standard InChI is InChI=1S/3CH2O3.Na.V/c3*2-1(3)4;;/h3*(H2,2,3,4);;/q;;;+1;+5/p-6. The van der Waals surface area contributed by atoms with Gasteiger partial charge in [-0.25, -0.2) is 0 Å². The minimum Gasteiger partial charge on any atom is -0.652 e. The van der Waals surface area contributed by atoms with Crippen LogP contribution in [0.3, 0.4) is 0 Å². The van der Waals surface area contributed by atoms with Crippen LogP contribution in [0.15, 0.2) is 0 Å². The van der Waals surface area contributed by atoms with Gasteiger partial charge in [0.25, 0.3) is 0 Å². The summed E-state index contributed by atoms with van der Waals surface area (Å²) in [5.74, 6) is 0. The quantitative estimate of drug-likeness (QED) is 0.377. The molecule has 0 atom stereocenters. The first kappa shape index (κ1) is 29.2. The molecule has 0 fully saturated rings. The molecule has 0 radical (unpaired) electrons. The molecule has 14 heavy (non-hydrogen) atoms. The van der Waals surface area contributed by atoms with Crippen molar-refractivity contribution < 1.29 is 93.1 Å². The Kier molecular flexibility index (Phi) is 47.6. The van der Waals surface area contributed by atoms with Crippen LogP contribution < -0.4 is 60.2 Å². The van der Waals surface area contributed by atoms with Crippen LogP contribution in [0.1, 0.15) is 0 Å². The summed E-state index contributed by atoms with van der Waals surface area (Å²) in [5, 5.41) is 50.0. The minimum absolute atomic E-state index is 0. The van der Waals surface area contributed by atoms with Crippen LogP contribution >= 0.6 is 0 Å². The zero-order valence-electron chi connectivity index (χ0n) is 6.62. The van der Waals surface area contributed by atoms with E-state index in [1.807, 2.05) is 0 Å². The Morgan fingerprint density at radius 1 is 0.571 bits per heavy atom. The molecular formula is C3NaO9V. The van der Waals surface area contributed by atoms with Crippen molar-refractivity contribution >= 4 is 18.5 Å². The molecule has 0 aliphatic heterocycles. The summed E-state index contributed by atoms with van der Waals surface area (Å²) in [6.07, 6.45) is -7.00. The second-order valence-electron chi connectivity index (χ2n) is 0.750. The first-order valence-electron chi connectivity index (χ1n) is 1.84. The Morgan fingerprint density at radius 2 is 0.571 bits per heavy atom. The van der Waals surface area contributed by atoms with Crippen LogP contribution in [0.4, 0.5) is 14.4 Å². The van der Waals surface area contributed by atoms with Gasteiger partial charge in [0.15, 0.2) is 0 Å². The van der Waals surface area contributed by atoms with Crippen LogP contribution in [0.25, 0.3) is 0 Å². The normalized spacial score (nSPS) is 5.14. The number of carbonyl (C=O) groups is 3. The predicted octanol–water partition coefficient (Wildman–Crippen LogP) is -10.3. The second kappa shape index (κ2) is 22.8. The van der Waals surface area contributed by atoms with Crippen LogP contribution in [-0.4, -0.2) is 18.5 Å². The Balaban J connectivity index is -0.0000000270. The van der Waals surface area contributed by atoms with Crippen LogP contribution in [0.5, 0.6) is 0 Å². The SMILES string of the molecule is O=C([O-])[O-].O=C([O-])[O-].O=C([O-])[O-].[Na+].[V+5]. The molecule has 0 heterocycles. The number of hydrogen-bond acceptors (Lipinski definition) is 9. The fourth-order valence-electron chi connectivity index (χ4n) is 0. The third kappa shape index (κ3) is 3360. The van der Waals surface area contributed by atoms with Crippen molar-refractivity contribution in [3.63, 3.8) is 0 Å². The fraction of sp³-hybridized carbons (Fsp3) is 0. The monoisotopic (exact) mass is 254 g/mol. The molecule has 0 aromatic heterocycles. The van der Waals surface area contributed by atoms with E-state index < -0.39 is 18.5 Å². The molecule has 0 spiro atoms. The van der Waals surface area contributed by atoms with Gasteiger partial charge in [-0.05, 0) is 18.5 Å². The van der Waals surface area contributed by atoms with Gasteiger partial charge in [-0.15, -0.1) is 0 Å². The Morgan fingerprint density at radius 3 is 0.571 bits per heavy atom. The van der Waals surface area contributed by atoms with Gasteiger partial charge in [0.1, 0.15) is 0 Å². The molecular weight excluding hydrogens is 254 g/mol. The summed E-state index contributed by atoms with van der Waals surface area (Å²) in [5.41, 5.74) is 0. The molecule has 11 heteroatoms. The van der Waals surface area contributed by atoms with Crippen molar-refractivity contribution in [1.82, 2.24) is 0 Å². The maximum absolute atomic E-state index is 8.33. The third-order valence-corrected chi connectivity index (χ3v) is 0. The number of rotatable bonds is 0. The average Bonchev–Trinajstić information content (AvgIpc) is 1.54. The van der Waals surface area contributed by atoms with Gasteiger partial charge in [-0.2, -0.15) is 0 Å². The minimum atomic E-state index is -2.33. The van der Waals surface area contributed by atoms with E-state index in [4.69, 9.17) is 45.0 Å². The molecule has 0 aliphatic rings. The van der Waals surface area contributed by atoms with E-state index in [1.165, 1.54) is 0 Å². The molecule has 0 amide bonds. The molecule has 0 rings (SSSR count).